The van der Waals surface area contributed by atoms with Gasteiger partial charge in [-0.1, -0.05) is 12.0 Å². The zero-order chi connectivity index (χ0) is 19.6. The highest BCUT2D eigenvalue weighted by Crippen LogP contribution is 2.40. The predicted molar refractivity (Wildman–Crippen MR) is 93.9 cm³/mol. The average Bonchev–Trinajstić information content (AvgIpc) is 3.16. The summed E-state index contributed by atoms with van der Waals surface area (Å²) in [5, 5.41) is 10.5. The van der Waals surface area contributed by atoms with Crippen molar-refractivity contribution in [3.05, 3.63) is 41.9 Å². The van der Waals surface area contributed by atoms with Crippen LogP contribution >= 0.6 is 11.8 Å². The zero-order valence-electron chi connectivity index (χ0n) is 13.9. The number of nitrogens with one attached hydrogen (secondary N) is 1. The van der Waals surface area contributed by atoms with Crippen molar-refractivity contribution in [3.63, 3.8) is 0 Å². The molecule has 0 radical (unpaired) electrons. The molecule has 0 bridgehead atoms. The van der Waals surface area contributed by atoms with Gasteiger partial charge in [0.1, 0.15) is 11.5 Å². The predicted octanol–water partition coefficient (Wildman–Crippen LogP) is 2.04. The second-order valence-corrected chi connectivity index (χ2v) is 6.44. The molecule has 7 nitrogen and oxygen atoms in total. The van der Waals surface area contributed by atoms with Crippen LogP contribution < -0.4 is 11.1 Å². The molecule has 3 rings (SSSR count). The van der Waals surface area contributed by atoms with Gasteiger partial charge in [0.15, 0.2) is 0 Å². The number of fused-ring (bicyclic) bond motifs is 1. The fourth-order valence-corrected chi connectivity index (χ4v) is 2.94. The molecule has 0 saturated heterocycles. The van der Waals surface area contributed by atoms with Crippen molar-refractivity contribution in [1.82, 2.24) is 24.7 Å². The van der Waals surface area contributed by atoms with Gasteiger partial charge in [-0.3, -0.25) is 9.48 Å². The Morgan fingerprint density at radius 1 is 1.41 bits per heavy atom. The Kier molecular flexibility index (Phi) is 5.00. The standard InChI is InChI=1S/C16H13F3N6OS/c1-24-9-10(8-22-24)15(26)21-7-3-4-11-14(27-16(17,18)19)12-5-2-6-13(20)25(12)23-11/h2,5-6,8-9H,7,20H2,1H3,(H,21,26). The number of alkyl halides is 3. The summed E-state index contributed by atoms with van der Waals surface area (Å²) in [7, 11) is 1.67. The molecule has 140 valence electrons. The van der Waals surface area contributed by atoms with Crippen LogP contribution in [-0.2, 0) is 7.05 Å². The minimum absolute atomic E-state index is 0.0623. The fraction of sp³-hybridized carbons (Fsp3) is 0.188. The van der Waals surface area contributed by atoms with Gasteiger partial charge in [0, 0.05) is 13.2 Å². The van der Waals surface area contributed by atoms with Crippen molar-refractivity contribution in [1.29, 1.82) is 0 Å². The lowest BCUT2D eigenvalue weighted by molar-refractivity contribution is -0.0327. The first kappa shape index (κ1) is 18.7. The lowest BCUT2D eigenvalue weighted by Gasteiger charge is -2.04. The number of aromatic nitrogens is 4. The third kappa shape index (κ3) is 4.35. The van der Waals surface area contributed by atoms with Crippen LogP contribution in [0.4, 0.5) is 19.0 Å². The molecule has 3 aromatic heterocycles. The van der Waals surface area contributed by atoms with Crippen molar-refractivity contribution < 1.29 is 18.0 Å². The van der Waals surface area contributed by atoms with E-state index in [9.17, 15) is 18.0 Å². The van der Waals surface area contributed by atoms with Gasteiger partial charge in [0.2, 0.25) is 0 Å². The molecule has 0 saturated carbocycles. The monoisotopic (exact) mass is 394 g/mol. The maximum Gasteiger partial charge on any atom is 0.446 e. The minimum Gasteiger partial charge on any atom is -0.384 e. The summed E-state index contributed by atoms with van der Waals surface area (Å²) >= 11 is -0.304. The van der Waals surface area contributed by atoms with E-state index in [1.165, 1.54) is 39.8 Å². The zero-order valence-corrected chi connectivity index (χ0v) is 14.7. The van der Waals surface area contributed by atoms with Crippen LogP contribution in [0.3, 0.4) is 0 Å². The molecule has 0 atom stereocenters. The summed E-state index contributed by atoms with van der Waals surface area (Å²) in [6.07, 6.45) is 2.93. The molecule has 0 aliphatic rings. The third-order valence-electron chi connectivity index (χ3n) is 3.37. The maximum atomic E-state index is 12.9. The second kappa shape index (κ2) is 7.24. The fourth-order valence-electron chi connectivity index (χ4n) is 2.26. The van der Waals surface area contributed by atoms with Gasteiger partial charge in [-0.25, -0.2) is 4.52 Å². The van der Waals surface area contributed by atoms with Crippen LogP contribution in [0.2, 0.25) is 0 Å². The number of nitrogens with two attached hydrogens (primary N) is 1. The van der Waals surface area contributed by atoms with Crippen molar-refractivity contribution in [3.8, 4) is 11.8 Å². The first-order valence-corrected chi connectivity index (χ1v) is 8.35. The molecular formula is C16H13F3N6OS. The van der Waals surface area contributed by atoms with Crippen LogP contribution in [0.1, 0.15) is 16.1 Å². The highest BCUT2D eigenvalue weighted by molar-refractivity contribution is 8.00. The summed E-state index contributed by atoms with van der Waals surface area (Å²) in [5.41, 5.74) is 1.76. The van der Waals surface area contributed by atoms with E-state index in [-0.39, 0.29) is 46.1 Å². The highest BCUT2D eigenvalue weighted by Gasteiger charge is 2.32. The number of thioether (sulfide) groups is 1. The number of rotatable bonds is 3. The number of carbonyl (C=O) groups excluding carboxylic acids is 1. The molecule has 0 aromatic carbocycles. The normalized spacial score (nSPS) is 11.3. The summed E-state index contributed by atoms with van der Waals surface area (Å²) in [4.78, 5) is 11.8. The van der Waals surface area contributed by atoms with E-state index in [2.05, 4.69) is 27.4 Å². The molecule has 1 amide bonds. The SMILES string of the molecule is Cn1cc(C(=O)NCC#Cc2nn3c(N)cccc3c2SC(F)(F)F)cn1. The summed E-state index contributed by atoms with van der Waals surface area (Å²) in [6, 6.07) is 4.54. The topological polar surface area (TPSA) is 90.2 Å². The van der Waals surface area contributed by atoms with E-state index < -0.39 is 5.51 Å². The molecule has 0 aliphatic carbocycles. The van der Waals surface area contributed by atoms with Gasteiger partial charge in [-0.05, 0) is 29.8 Å². The second-order valence-electron chi connectivity index (χ2n) is 5.36. The number of nitrogen functional groups attached to an aromatic ring is 1. The smallest absolute Gasteiger partial charge is 0.384 e. The van der Waals surface area contributed by atoms with E-state index in [1.807, 2.05) is 0 Å². The van der Waals surface area contributed by atoms with Crippen molar-refractivity contribution in [2.75, 3.05) is 12.3 Å². The number of hydrogen-bond acceptors (Lipinski definition) is 5. The molecule has 3 N–H and O–H groups in total. The highest BCUT2D eigenvalue weighted by atomic mass is 32.2. The molecule has 0 spiro atoms. The number of pyridine rings is 1. The van der Waals surface area contributed by atoms with Gasteiger partial charge in [-0.2, -0.15) is 23.4 Å². The van der Waals surface area contributed by atoms with Crippen LogP contribution in [0.15, 0.2) is 35.5 Å². The van der Waals surface area contributed by atoms with Gasteiger partial charge >= 0.3 is 5.51 Å². The molecule has 0 unspecified atom stereocenters. The lowest BCUT2D eigenvalue weighted by Crippen LogP contribution is -2.23. The molecule has 3 aromatic rings. The Morgan fingerprint density at radius 3 is 2.85 bits per heavy atom. The molecule has 11 heteroatoms. The first-order chi connectivity index (χ1) is 12.7. The van der Waals surface area contributed by atoms with Gasteiger partial charge < -0.3 is 11.1 Å². The average molecular weight is 394 g/mol. The van der Waals surface area contributed by atoms with E-state index >= 15 is 0 Å². The van der Waals surface area contributed by atoms with Gasteiger partial charge in [0.05, 0.1) is 28.7 Å². The Labute approximate surface area is 155 Å². The Hall–Kier alpha value is -3.13. The van der Waals surface area contributed by atoms with Crippen molar-refractivity contribution >= 4 is 29.0 Å². The summed E-state index contributed by atoms with van der Waals surface area (Å²) in [6.45, 7) is -0.0623. The number of aryl methyl sites for hydroxylation is 1. The molecule has 27 heavy (non-hydrogen) atoms. The Bertz CT molecular complexity index is 1060. The number of amides is 1. The molecule has 0 fully saturated rings. The van der Waals surface area contributed by atoms with E-state index in [0.717, 1.165) is 0 Å². The van der Waals surface area contributed by atoms with Gasteiger partial charge in [-0.15, -0.1) is 0 Å². The Balaban J connectivity index is 1.82. The van der Waals surface area contributed by atoms with Crippen molar-refractivity contribution in [2.24, 2.45) is 7.05 Å². The third-order valence-corrected chi connectivity index (χ3v) is 4.21. The quantitative estimate of drug-likeness (QED) is 0.524. The van der Waals surface area contributed by atoms with E-state index in [4.69, 9.17) is 5.73 Å². The summed E-state index contributed by atoms with van der Waals surface area (Å²) in [5.74, 6) is 4.98. The number of anilines is 1. The minimum atomic E-state index is -4.50. The Morgan fingerprint density at radius 2 is 2.19 bits per heavy atom. The van der Waals surface area contributed by atoms with E-state index in [1.54, 1.807) is 7.05 Å². The molecular weight excluding hydrogens is 381 g/mol. The number of hydrogen-bond donors (Lipinski definition) is 2. The summed E-state index contributed by atoms with van der Waals surface area (Å²) < 4.78 is 41.4. The number of halogens is 3. The first-order valence-electron chi connectivity index (χ1n) is 7.53. The van der Waals surface area contributed by atoms with Crippen LogP contribution in [-0.4, -0.2) is 37.4 Å². The lowest BCUT2D eigenvalue weighted by atomic mass is 10.3. The van der Waals surface area contributed by atoms with Crippen molar-refractivity contribution in [2.45, 2.75) is 10.4 Å². The van der Waals surface area contributed by atoms with Crippen LogP contribution in [0.5, 0.6) is 0 Å². The number of carbonyl (C=O) groups is 1. The molecule has 3 heterocycles. The molecule has 0 aliphatic heterocycles. The van der Waals surface area contributed by atoms with Crippen LogP contribution in [0.25, 0.3) is 5.52 Å². The van der Waals surface area contributed by atoms with Crippen LogP contribution in [0, 0.1) is 11.8 Å². The maximum absolute atomic E-state index is 12.9. The van der Waals surface area contributed by atoms with E-state index in [0.29, 0.717) is 5.56 Å². The van der Waals surface area contributed by atoms with Gasteiger partial charge in [0.25, 0.3) is 5.91 Å². The number of nitrogens with zero attached hydrogens (tertiary/aromatic N) is 4. The largest absolute Gasteiger partial charge is 0.446 e.